The molecule has 2 aliphatic heterocycles. The summed E-state index contributed by atoms with van der Waals surface area (Å²) in [6.07, 6.45) is 4.19. The molecule has 0 bridgehead atoms. The molecular formula is C30H30N4O3. The molecule has 1 fully saturated rings. The van der Waals surface area contributed by atoms with E-state index in [2.05, 4.69) is 16.8 Å². The highest BCUT2D eigenvalue weighted by Gasteiger charge is 2.20. The Labute approximate surface area is 214 Å². The molecule has 2 N–H and O–H groups in total. The highest BCUT2D eigenvalue weighted by atomic mass is 16.5. The highest BCUT2D eigenvalue weighted by Crippen LogP contribution is 2.31. The van der Waals surface area contributed by atoms with Gasteiger partial charge in [-0.25, -0.2) is 9.98 Å². The van der Waals surface area contributed by atoms with Crippen LogP contribution < -0.4 is 30.6 Å². The molecule has 7 heteroatoms. The third-order valence-corrected chi connectivity index (χ3v) is 7.21. The number of aromatic nitrogens is 1. The lowest BCUT2D eigenvalue weighted by Gasteiger charge is -2.31. The van der Waals surface area contributed by atoms with Crippen LogP contribution in [-0.4, -0.2) is 47.8 Å². The molecule has 1 saturated heterocycles. The van der Waals surface area contributed by atoms with Crippen molar-refractivity contribution in [2.45, 2.75) is 25.9 Å². The van der Waals surface area contributed by atoms with Gasteiger partial charge in [-0.15, -0.1) is 0 Å². The minimum atomic E-state index is 0.103. The van der Waals surface area contributed by atoms with Crippen molar-refractivity contribution in [2.75, 3.05) is 26.7 Å². The smallest absolute Gasteiger partial charge is 0.196 e. The maximum absolute atomic E-state index is 10.9. The Hall–Kier alpha value is -4.10. The SMILES string of the molecule is CCN1CCC(Oc2ccc3[nH]c(O)c(C=c4cccc(OC)c4=C4N=c5ccccc5=N4)c3c2)CC1. The maximum atomic E-state index is 10.9. The Morgan fingerprint density at radius 1 is 1.03 bits per heavy atom. The molecule has 37 heavy (non-hydrogen) atoms. The second-order valence-electron chi connectivity index (χ2n) is 9.45. The van der Waals surface area contributed by atoms with Crippen LogP contribution in [-0.2, 0) is 0 Å². The molecule has 1 aromatic heterocycles. The van der Waals surface area contributed by atoms with E-state index in [0.29, 0.717) is 17.1 Å². The summed E-state index contributed by atoms with van der Waals surface area (Å²) in [5.74, 6) is 2.18. The van der Waals surface area contributed by atoms with Gasteiger partial charge in [0, 0.05) is 29.6 Å². The summed E-state index contributed by atoms with van der Waals surface area (Å²) in [7, 11) is 1.64. The van der Waals surface area contributed by atoms with Gasteiger partial charge in [0.15, 0.2) is 11.7 Å². The van der Waals surface area contributed by atoms with Crippen LogP contribution in [0.5, 0.6) is 17.4 Å². The Bertz CT molecular complexity index is 1680. The third-order valence-electron chi connectivity index (χ3n) is 7.21. The number of H-pyrrole nitrogens is 1. The van der Waals surface area contributed by atoms with Gasteiger partial charge in [-0.2, -0.15) is 0 Å². The van der Waals surface area contributed by atoms with Crippen LogP contribution in [0.3, 0.4) is 0 Å². The highest BCUT2D eigenvalue weighted by molar-refractivity contribution is 5.92. The van der Waals surface area contributed by atoms with E-state index in [1.165, 1.54) is 0 Å². The molecule has 3 heterocycles. The van der Waals surface area contributed by atoms with Crippen molar-refractivity contribution >= 4 is 22.8 Å². The fraction of sp³-hybridized carbons (Fsp3) is 0.267. The van der Waals surface area contributed by atoms with E-state index in [1.54, 1.807) is 7.11 Å². The monoisotopic (exact) mass is 494 g/mol. The number of aromatic hydroxyl groups is 1. The van der Waals surface area contributed by atoms with E-state index >= 15 is 0 Å². The third kappa shape index (κ3) is 4.47. The minimum absolute atomic E-state index is 0.103. The molecule has 4 aromatic rings. The predicted molar refractivity (Wildman–Crippen MR) is 144 cm³/mol. The zero-order valence-corrected chi connectivity index (χ0v) is 21.1. The number of hydrogen-bond donors (Lipinski definition) is 2. The molecule has 0 amide bonds. The number of aromatic amines is 1. The van der Waals surface area contributed by atoms with Crippen molar-refractivity contribution < 1.29 is 14.6 Å². The van der Waals surface area contributed by atoms with Gasteiger partial charge in [-0.05, 0) is 67.1 Å². The number of piperidine rings is 1. The van der Waals surface area contributed by atoms with E-state index in [4.69, 9.17) is 19.5 Å². The molecule has 0 radical (unpaired) electrons. The molecule has 2 aliphatic rings. The van der Waals surface area contributed by atoms with Crippen molar-refractivity contribution in [2.24, 2.45) is 9.98 Å². The van der Waals surface area contributed by atoms with E-state index in [1.807, 2.05) is 66.7 Å². The quantitative estimate of drug-likeness (QED) is 0.447. The van der Waals surface area contributed by atoms with E-state index in [-0.39, 0.29) is 12.0 Å². The largest absolute Gasteiger partial charge is 0.496 e. The topological polar surface area (TPSA) is 82.4 Å². The Morgan fingerprint density at radius 3 is 2.49 bits per heavy atom. The fourth-order valence-corrected chi connectivity index (χ4v) is 5.18. The number of benzene rings is 3. The van der Waals surface area contributed by atoms with Crippen LogP contribution in [0.2, 0.25) is 0 Å². The summed E-state index contributed by atoms with van der Waals surface area (Å²) in [4.78, 5) is 15.1. The summed E-state index contributed by atoms with van der Waals surface area (Å²) in [5.41, 5.74) is 1.53. The molecule has 0 atom stereocenters. The van der Waals surface area contributed by atoms with Crippen LogP contribution in [0, 0.1) is 0 Å². The van der Waals surface area contributed by atoms with Gasteiger partial charge in [0.1, 0.15) is 17.6 Å². The summed E-state index contributed by atoms with van der Waals surface area (Å²) in [6.45, 7) is 5.40. The summed E-state index contributed by atoms with van der Waals surface area (Å²) in [5, 5.41) is 15.1. The van der Waals surface area contributed by atoms with Crippen LogP contribution in [0.4, 0.5) is 0 Å². The van der Waals surface area contributed by atoms with Crippen LogP contribution >= 0.6 is 0 Å². The number of likely N-dealkylation sites (tertiary alicyclic amines) is 1. The Balaban J connectivity index is 1.46. The number of methoxy groups -OCH3 is 1. The number of para-hydroxylation sites is 2. The Morgan fingerprint density at radius 2 is 1.78 bits per heavy atom. The van der Waals surface area contributed by atoms with Crippen LogP contribution in [0.15, 0.2) is 70.6 Å². The van der Waals surface area contributed by atoms with Crippen LogP contribution in [0.1, 0.15) is 25.3 Å². The number of ether oxygens (including phenoxy) is 2. The summed E-state index contributed by atoms with van der Waals surface area (Å²) < 4.78 is 12.1. The lowest BCUT2D eigenvalue weighted by Crippen LogP contribution is -2.37. The van der Waals surface area contributed by atoms with Gasteiger partial charge in [0.2, 0.25) is 0 Å². The number of fused-ring (bicyclic) bond motifs is 2. The molecule has 0 unspecified atom stereocenters. The molecule has 7 nitrogen and oxygen atoms in total. The van der Waals surface area contributed by atoms with E-state index < -0.39 is 0 Å². The average molecular weight is 495 g/mol. The predicted octanol–water partition coefficient (Wildman–Crippen LogP) is 2.59. The standard InChI is InChI=1S/C30H30N4O3/c1-3-34-15-13-20(14-16-34)37-21-11-12-24-22(18-21)23(30(35)33-24)17-19-7-6-10-27(36-2)28(19)29-31-25-8-4-5-9-26(25)32-29/h4-12,17-18,20,33,35H,3,13-16H2,1-2H3. The molecule has 6 rings (SSSR count). The average Bonchev–Trinajstić information content (AvgIpc) is 3.49. The van der Waals surface area contributed by atoms with Crippen molar-refractivity contribution in [3.05, 3.63) is 87.4 Å². The molecule has 0 spiro atoms. The van der Waals surface area contributed by atoms with Crippen molar-refractivity contribution in [1.29, 1.82) is 0 Å². The second kappa shape index (κ2) is 9.75. The number of hydrogen-bond acceptors (Lipinski definition) is 6. The number of nitrogens with one attached hydrogen (secondary N) is 1. The normalized spacial score (nSPS) is 16.5. The number of rotatable bonds is 5. The summed E-state index contributed by atoms with van der Waals surface area (Å²) in [6, 6.07) is 19.6. The van der Waals surface area contributed by atoms with Crippen LogP contribution in [0.25, 0.3) is 22.8 Å². The molecule has 0 aliphatic carbocycles. The van der Waals surface area contributed by atoms with Gasteiger partial charge < -0.3 is 24.5 Å². The van der Waals surface area contributed by atoms with Gasteiger partial charge in [-0.3, -0.25) is 0 Å². The molecular weight excluding hydrogens is 464 g/mol. The molecule has 188 valence electrons. The van der Waals surface area contributed by atoms with E-state index in [0.717, 1.165) is 70.3 Å². The maximum Gasteiger partial charge on any atom is 0.196 e. The first-order valence-corrected chi connectivity index (χ1v) is 12.8. The minimum Gasteiger partial charge on any atom is -0.496 e. The first kappa shape index (κ1) is 23.3. The first-order chi connectivity index (χ1) is 18.1. The first-order valence-electron chi connectivity index (χ1n) is 12.8. The Kier molecular flexibility index (Phi) is 6.14. The van der Waals surface area contributed by atoms with Gasteiger partial charge in [0.05, 0.1) is 23.0 Å². The van der Waals surface area contributed by atoms with Crippen molar-refractivity contribution in [1.82, 2.24) is 9.88 Å². The fourth-order valence-electron chi connectivity index (χ4n) is 5.18. The zero-order chi connectivity index (χ0) is 25.4. The van der Waals surface area contributed by atoms with Crippen molar-refractivity contribution in [3.8, 4) is 17.4 Å². The van der Waals surface area contributed by atoms with Crippen molar-refractivity contribution in [3.63, 3.8) is 0 Å². The second-order valence-corrected chi connectivity index (χ2v) is 9.45. The summed E-state index contributed by atoms with van der Waals surface area (Å²) >= 11 is 0. The lowest BCUT2D eigenvalue weighted by atomic mass is 10.1. The lowest BCUT2D eigenvalue weighted by molar-refractivity contribution is 0.104. The molecule has 3 aromatic carbocycles. The zero-order valence-electron chi connectivity index (χ0n) is 21.1. The van der Waals surface area contributed by atoms with Gasteiger partial charge in [0.25, 0.3) is 0 Å². The number of nitrogens with zero attached hydrogens (tertiary/aromatic N) is 3. The van der Waals surface area contributed by atoms with Gasteiger partial charge >= 0.3 is 0 Å². The molecule has 0 saturated carbocycles. The van der Waals surface area contributed by atoms with Gasteiger partial charge in [-0.1, -0.05) is 31.2 Å². The van der Waals surface area contributed by atoms with E-state index in [9.17, 15) is 5.11 Å².